The average Bonchev–Trinajstić information content (AvgIpc) is 3.22. The summed E-state index contributed by atoms with van der Waals surface area (Å²) in [4.78, 5) is 22.9. The van der Waals surface area contributed by atoms with Crippen LogP contribution in [0, 0.1) is 0 Å². The van der Waals surface area contributed by atoms with Gasteiger partial charge in [0.1, 0.15) is 5.82 Å². The molecule has 0 bridgehead atoms. The minimum Gasteiger partial charge on any atom is -0.338 e. The van der Waals surface area contributed by atoms with Gasteiger partial charge in [-0.05, 0) is 62.1 Å². The first kappa shape index (κ1) is 29.0. The SMILES string of the molecule is C=Cc1nc(C2=C(Cl)C=CCC=C2Cl)[nH]c1/C=C(\C)C(=O)N(C)CC(=C/C=C\C)/C=C(\C)c1ccccc1. The minimum atomic E-state index is -0.0964. The molecule has 1 amide bonds. The highest BCUT2D eigenvalue weighted by molar-refractivity contribution is 6.42. The van der Waals surface area contributed by atoms with Crippen LogP contribution < -0.4 is 0 Å². The van der Waals surface area contributed by atoms with Gasteiger partial charge in [0.25, 0.3) is 0 Å². The van der Waals surface area contributed by atoms with Crippen LogP contribution >= 0.6 is 23.2 Å². The van der Waals surface area contributed by atoms with Crippen LogP contribution in [0.4, 0.5) is 0 Å². The van der Waals surface area contributed by atoms with Crippen molar-refractivity contribution in [3.63, 3.8) is 0 Å². The van der Waals surface area contributed by atoms with Crippen molar-refractivity contribution in [1.29, 1.82) is 0 Å². The number of carbonyl (C=O) groups is 1. The smallest absolute Gasteiger partial charge is 0.249 e. The molecule has 0 aliphatic heterocycles. The third-order valence-electron chi connectivity index (χ3n) is 5.96. The lowest BCUT2D eigenvalue weighted by Gasteiger charge is -2.19. The van der Waals surface area contributed by atoms with Gasteiger partial charge in [0.05, 0.1) is 22.0 Å². The largest absolute Gasteiger partial charge is 0.338 e. The van der Waals surface area contributed by atoms with Crippen molar-refractivity contribution in [2.45, 2.75) is 27.2 Å². The summed E-state index contributed by atoms with van der Waals surface area (Å²) in [6.07, 6.45) is 17.8. The van der Waals surface area contributed by atoms with E-state index in [2.05, 4.69) is 41.7 Å². The summed E-state index contributed by atoms with van der Waals surface area (Å²) >= 11 is 13.0. The van der Waals surface area contributed by atoms with E-state index in [1.54, 1.807) is 31.0 Å². The van der Waals surface area contributed by atoms with E-state index < -0.39 is 0 Å². The number of hydrogen-bond acceptors (Lipinski definition) is 2. The third-order valence-corrected chi connectivity index (χ3v) is 6.62. The van der Waals surface area contributed by atoms with E-state index in [0.717, 1.165) is 16.7 Å². The number of nitrogens with zero attached hydrogens (tertiary/aromatic N) is 2. The standard InChI is InChI=1S/C32H33Cl2N3O/c1-6-8-14-24(19-22(3)25-15-10-9-11-16-25)21-37(5)32(38)23(4)20-29-28(7-2)35-31(36-29)30-26(33)17-12-13-18-27(30)34/h6-12,14-20H,2,13,21H2,1,3-5H3,(H,35,36)/b8-6-,22-19+,23-20+,24-14+. The number of amides is 1. The molecule has 3 rings (SSSR count). The monoisotopic (exact) mass is 545 g/mol. The first-order valence-electron chi connectivity index (χ1n) is 12.4. The van der Waals surface area contributed by atoms with E-state index in [4.69, 9.17) is 23.2 Å². The van der Waals surface area contributed by atoms with Crippen LogP contribution in [0.1, 0.15) is 50.0 Å². The summed E-state index contributed by atoms with van der Waals surface area (Å²) in [6.45, 7) is 10.2. The fourth-order valence-corrected chi connectivity index (χ4v) is 4.62. The zero-order chi connectivity index (χ0) is 27.7. The van der Waals surface area contributed by atoms with Crippen LogP contribution in [0.5, 0.6) is 0 Å². The second-order valence-corrected chi connectivity index (χ2v) is 9.77. The van der Waals surface area contributed by atoms with Crippen LogP contribution in [0.25, 0.3) is 23.3 Å². The predicted molar refractivity (Wildman–Crippen MR) is 163 cm³/mol. The van der Waals surface area contributed by atoms with Crippen molar-refractivity contribution in [3.05, 3.63) is 123 Å². The Hall–Kier alpha value is -3.60. The molecule has 38 heavy (non-hydrogen) atoms. The molecular formula is C32H33Cl2N3O. The van der Waals surface area contributed by atoms with E-state index >= 15 is 0 Å². The zero-order valence-corrected chi connectivity index (χ0v) is 23.8. The fraction of sp³-hybridized carbons (Fsp3) is 0.188. The van der Waals surface area contributed by atoms with Crippen molar-refractivity contribution in [2.24, 2.45) is 0 Å². The molecular weight excluding hydrogens is 513 g/mol. The molecule has 1 aromatic carbocycles. The Labute approximate surface area is 235 Å². The van der Waals surface area contributed by atoms with Crippen molar-refractivity contribution in [3.8, 4) is 0 Å². The van der Waals surface area contributed by atoms with Gasteiger partial charge in [-0.25, -0.2) is 4.98 Å². The molecule has 0 atom stereocenters. The number of aromatic amines is 1. The second kappa shape index (κ2) is 13.8. The maximum absolute atomic E-state index is 13.3. The number of benzene rings is 1. The fourth-order valence-electron chi connectivity index (χ4n) is 4.01. The third kappa shape index (κ3) is 7.47. The average molecular weight is 547 g/mol. The van der Waals surface area contributed by atoms with Gasteiger partial charge in [-0.15, -0.1) is 0 Å². The van der Waals surface area contributed by atoms with Gasteiger partial charge in [-0.2, -0.15) is 0 Å². The number of halogens is 2. The van der Waals surface area contributed by atoms with Crippen molar-refractivity contribution >= 4 is 52.4 Å². The molecule has 196 valence electrons. The lowest BCUT2D eigenvalue weighted by atomic mass is 10.0. The number of hydrogen-bond donors (Lipinski definition) is 1. The molecule has 1 aliphatic rings. The lowest BCUT2D eigenvalue weighted by Crippen LogP contribution is -2.29. The maximum atomic E-state index is 13.3. The van der Waals surface area contributed by atoms with Crippen LogP contribution in [0.15, 0.2) is 101 Å². The number of likely N-dealkylation sites (N-methyl/N-ethyl adjacent to an activating group) is 1. The Kier molecular flexibility index (Phi) is 10.5. The zero-order valence-electron chi connectivity index (χ0n) is 22.3. The summed E-state index contributed by atoms with van der Waals surface area (Å²) in [5, 5.41) is 1.02. The van der Waals surface area contributed by atoms with E-state index in [0.29, 0.717) is 51.4 Å². The van der Waals surface area contributed by atoms with Crippen LogP contribution in [0.2, 0.25) is 0 Å². The van der Waals surface area contributed by atoms with E-state index in [1.807, 2.05) is 61.6 Å². The first-order chi connectivity index (χ1) is 18.2. The van der Waals surface area contributed by atoms with E-state index in [-0.39, 0.29) is 5.91 Å². The molecule has 1 N–H and O–H groups in total. The Morgan fingerprint density at radius 1 is 1.21 bits per heavy atom. The number of H-pyrrole nitrogens is 1. The Morgan fingerprint density at radius 3 is 2.63 bits per heavy atom. The lowest BCUT2D eigenvalue weighted by molar-refractivity contribution is -0.125. The number of aromatic nitrogens is 2. The molecule has 0 unspecified atom stereocenters. The van der Waals surface area contributed by atoms with E-state index in [9.17, 15) is 4.79 Å². The molecule has 1 aromatic heterocycles. The number of rotatable bonds is 9. The highest BCUT2D eigenvalue weighted by atomic mass is 35.5. The molecule has 1 heterocycles. The molecule has 0 radical (unpaired) electrons. The molecule has 0 fully saturated rings. The van der Waals surface area contributed by atoms with Crippen LogP contribution in [-0.4, -0.2) is 34.4 Å². The summed E-state index contributed by atoms with van der Waals surface area (Å²) in [6, 6.07) is 10.2. The highest BCUT2D eigenvalue weighted by Crippen LogP contribution is 2.33. The summed E-state index contributed by atoms with van der Waals surface area (Å²) in [7, 11) is 1.80. The summed E-state index contributed by atoms with van der Waals surface area (Å²) in [5.74, 6) is 0.427. The van der Waals surface area contributed by atoms with Gasteiger partial charge in [-0.3, -0.25) is 4.79 Å². The molecule has 1 aliphatic carbocycles. The van der Waals surface area contributed by atoms with Gasteiger partial charge in [0.2, 0.25) is 5.91 Å². The van der Waals surface area contributed by atoms with Crippen molar-refractivity contribution < 1.29 is 4.79 Å². The number of nitrogens with one attached hydrogen (secondary N) is 1. The summed E-state index contributed by atoms with van der Waals surface area (Å²) in [5.41, 5.74) is 5.74. The highest BCUT2D eigenvalue weighted by Gasteiger charge is 2.19. The predicted octanol–water partition coefficient (Wildman–Crippen LogP) is 8.55. The number of imidazole rings is 1. The molecule has 6 heteroatoms. The van der Waals surface area contributed by atoms with Gasteiger partial charge < -0.3 is 9.88 Å². The quantitative estimate of drug-likeness (QED) is 0.253. The molecule has 0 spiro atoms. The van der Waals surface area contributed by atoms with Crippen molar-refractivity contribution in [2.75, 3.05) is 13.6 Å². The Balaban J connectivity index is 1.86. The van der Waals surface area contributed by atoms with Gasteiger partial charge in [0, 0.05) is 24.2 Å². The Morgan fingerprint density at radius 2 is 1.95 bits per heavy atom. The second-order valence-electron chi connectivity index (χ2n) is 8.95. The van der Waals surface area contributed by atoms with Crippen LogP contribution in [0.3, 0.4) is 0 Å². The number of carbonyl (C=O) groups excluding carboxylic acids is 1. The molecule has 0 saturated heterocycles. The van der Waals surface area contributed by atoms with Crippen LogP contribution in [-0.2, 0) is 4.79 Å². The molecule has 2 aromatic rings. The van der Waals surface area contributed by atoms with E-state index in [1.165, 1.54) is 0 Å². The number of allylic oxidation sites excluding steroid dienone is 10. The van der Waals surface area contributed by atoms with Gasteiger partial charge in [-0.1, -0.05) is 96.6 Å². The minimum absolute atomic E-state index is 0.0964. The summed E-state index contributed by atoms with van der Waals surface area (Å²) < 4.78 is 0. The van der Waals surface area contributed by atoms with Gasteiger partial charge >= 0.3 is 0 Å². The van der Waals surface area contributed by atoms with Crippen molar-refractivity contribution in [1.82, 2.24) is 14.9 Å². The molecule has 4 nitrogen and oxygen atoms in total. The Bertz CT molecular complexity index is 1400. The topological polar surface area (TPSA) is 49.0 Å². The normalized spacial score (nSPS) is 15.1. The first-order valence-corrected chi connectivity index (χ1v) is 13.1. The molecule has 0 saturated carbocycles. The van der Waals surface area contributed by atoms with Gasteiger partial charge in [0.15, 0.2) is 0 Å². The maximum Gasteiger partial charge on any atom is 0.249 e.